The predicted octanol–water partition coefficient (Wildman–Crippen LogP) is 1.49. The van der Waals surface area contributed by atoms with E-state index in [1.807, 2.05) is 0 Å². The molecule has 0 bridgehead atoms. The molecule has 25 heavy (non-hydrogen) atoms. The molecule has 1 amide bonds. The number of esters is 2. The van der Waals surface area contributed by atoms with Crippen molar-refractivity contribution >= 4 is 17.8 Å². The van der Waals surface area contributed by atoms with Gasteiger partial charge in [0.05, 0.1) is 12.7 Å². The van der Waals surface area contributed by atoms with Crippen molar-refractivity contribution in [2.24, 2.45) is 11.5 Å². The highest BCUT2D eigenvalue weighted by Gasteiger charge is 2.44. The summed E-state index contributed by atoms with van der Waals surface area (Å²) in [5, 5.41) is 0. The third-order valence-corrected chi connectivity index (χ3v) is 3.71. The number of carbonyl (C=O) groups is 3. The summed E-state index contributed by atoms with van der Waals surface area (Å²) in [5.74, 6) is -2.63. The molecule has 0 radical (unpaired) electrons. The van der Waals surface area contributed by atoms with Gasteiger partial charge in [-0.25, -0.2) is 9.59 Å². The molecular formula is C18H26N2O5. The van der Waals surface area contributed by atoms with Crippen molar-refractivity contribution in [1.29, 1.82) is 0 Å². The summed E-state index contributed by atoms with van der Waals surface area (Å²) in [6.07, 6.45) is -0.0537. The van der Waals surface area contributed by atoms with Gasteiger partial charge in [-0.15, -0.1) is 0 Å². The van der Waals surface area contributed by atoms with Crippen molar-refractivity contribution in [3.05, 3.63) is 35.4 Å². The first-order chi connectivity index (χ1) is 11.4. The van der Waals surface area contributed by atoms with Gasteiger partial charge in [-0.1, -0.05) is 19.1 Å². The molecule has 4 N–H and O–H groups in total. The first-order valence-corrected chi connectivity index (χ1v) is 7.91. The van der Waals surface area contributed by atoms with E-state index in [9.17, 15) is 14.4 Å². The van der Waals surface area contributed by atoms with Gasteiger partial charge in [0, 0.05) is 0 Å². The first kappa shape index (κ1) is 20.6. The number of methoxy groups -OCH3 is 1. The zero-order valence-electron chi connectivity index (χ0n) is 15.3. The summed E-state index contributed by atoms with van der Waals surface area (Å²) >= 11 is 0. The van der Waals surface area contributed by atoms with Gasteiger partial charge in [-0.05, 0) is 50.8 Å². The van der Waals surface area contributed by atoms with Gasteiger partial charge in [-0.2, -0.15) is 0 Å². The van der Waals surface area contributed by atoms with Crippen LogP contribution < -0.4 is 11.5 Å². The van der Waals surface area contributed by atoms with Crippen LogP contribution in [0, 0.1) is 0 Å². The fourth-order valence-electron chi connectivity index (χ4n) is 2.34. The maximum Gasteiger partial charge on any atom is 0.337 e. The van der Waals surface area contributed by atoms with Crippen LogP contribution in [-0.4, -0.2) is 36.1 Å². The number of benzene rings is 1. The number of primary amides is 1. The second-order valence-electron chi connectivity index (χ2n) is 7.06. The van der Waals surface area contributed by atoms with Gasteiger partial charge in [0.1, 0.15) is 5.60 Å². The van der Waals surface area contributed by atoms with Crippen molar-refractivity contribution in [2.75, 3.05) is 7.11 Å². The molecule has 0 spiro atoms. The topological polar surface area (TPSA) is 122 Å². The van der Waals surface area contributed by atoms with Crippen LogP contribution >= 0.6 is 0 Å². The maximum absolute atomic E-state index is 12.4. The molecule has 7 nitrogen and oxygen atoms in total. The third-order valence-electron chi connectivity index (χ3n) is 3.71. The molecular weight excluding hydrogens is 324 g/mol. The summed E-state index contributed by atoms with van der Waals surface area (Å²) in [5.41, 5.74) is 9.72. The van der Waals surface area contributed by atoms with E-state index in [0.29, 0.717) is 5.56 Å². The molecule has 0 aliphatic carbocycles. The van der Waals surface area contributed by atoms with Gasteiger partial charge < -0.3 is 20.9 Å². The average molecular weight is 350 g/mol. The fraction of sp³-hybridized carbons (Fsp3) is 0.500. The van der Waals surface area contributed by atoms with Crippen LogP contribution in [0.2, 0.25) is 0 Å². The molecule has 0 saturated carbocycles. The summed E-state index contributed by atoms with van der Waals surface area (Å²) in [6.45, 7) is 6.81. The van der Waals surface area contributed by atoms with Gasteiger partial charge in [0.15, 0.2) is 5.54 Å². The van der Waals surface area contributed by atoms with Crippen LogP contribution in [0.1, 0.15) is 56.0 Å². The Balaban J connectivity index is 3.08. The predicted molar refractivity (Wildman–Crippen MR) is 92.8 cm³/mol. The number of hydrogen-bond donors (Lipinski definition) is 2. The van der Waals surface area contributed by atoms with Crippen LogP contribution in [0.25, 0.3) is 0 Å². The van der Waals surface area contributed by atoms with E-state index in [1.54, 1.807) is 52.0 Å². The maximum atomic E-state index is 12.4. The Morgan fingerprint density at radius 3 is 2.28 bits per heavy atom. The molecule has 1 aromatic carbocycles. The van der Waals surface area contributed by atoms with Crippen LogP contribution in [-0.2, 0) is 19.1 Å². The minimum atomic E-state index is -1.96. The normalized spacial score (nSPS) is 15.0. The zero-order valence-corrected chi connectivity index (χ0v) is 15.3. The Bertz CT molecular complexity index is 666. The van der Waals surface area contributed by atoms with Crippen LogP contribution in [0.5, 0.6) is 0 Å². The summed E-state index contributed by atoms with van der Waals surface area (Å²) < 4.78 is 9.93. The highest BCUT2D eigenvalue weighted by Crippen LogP contribution is 2.27. The van der Waals surface area contributed by atoms with Gasteiger partial charge in [-0.3, -0.25) is 4.79 Å². The molecule has 0 aliphatic rings. The Labute approximate surface area is 147 Å². The molecule has 1 rings (SSSR count). The van der Waals surface area contributed by atoms with Gasteiger partial charge in [0.2, 0.25) is 5.91 Å². The van der Waals surface area contributed by atoms with Gasteiger partial charge >= 0.3 is 11.9 Å². The lowest BCUT2D eigenvalue weighted by Gasteiger charge is -2.30. The number of rotatable bonds is 6. The fourth-order valence-corrected chi connectivity index (χ4v) is 2.34. The van der Waals surface area contributed by atoms with E-state index in [-0.39, 0.29) is 12.3 Å². The highest BCUT2D eigenvalue weighted by atomic mass is 16.6. The molecule has 1 aromatic rings. The number of carbonyl (C=O) groups excluding carboxylic acids is 3. The van der Waals surface area contributed by atoms with Crippen LogP contribution in [0.4, 0.5) is 0 Å². The number of hydrogen-bond acceptors (Lipinski definition) is 6. The molecule has 2 unspecified atom stereocenters. The second-order valence-corrected chi connectivity index (χ2v) is 7.06. The molecule has 138 valence electrons. The summed E-state index contributed by atoms with van der Waals surface area (Å²) in [7, 11) is 1.29. The van der Waals surface area contributed by atoms with E-state index in [0.717, 1.165) is 5.56 Å². The Morgan fingerprint density at radius 2 is 1.80 bits per heavy atom. The third kappa shape index (κ3) is 5.29. The monoisotopic (exact) mass is 350 g/mol. The molecule has 7 heteroatoms. The molecule has 0 heterocycles. The van der Waals surface area contributed by atoms with E-state index < -0.39 is 29.0 Å². The Kier molecular flexibility index (Phi) is 6.31. The largest absolute Gasteiger partial charge is 0.465 e. The number of amides is 1. The summed E-state index contributed by atoms with van der Waals surface area (Å²) in [6, 6.07) is 6.70. The van der Waals surface area contributed by atoms with Gasteiger partial charge in [0.25, 0.3) is 0 Å². The van der Waals surface area contributed by atoms with Crippen molar-refractivity contribution < 1.29 is 23.9 Å². The minimum absolute atomic E-state index is 0.0537. The first-order valence-electron chi connectivity index (χ1n) is 7.91. The van der Waals surface area contributed by atoms with Crippen molar-refractivity contribution in [3.63, 3.8) is 0 Å². The highest BCUT2D eigenvalue weighted by molar-refractivity contribution is 6.06. The van der Waals surface area contributed by atoms with E-state index in [2.05, 4.69) is 0 Å². The molecule has 2 atom stereocenters. The average Bonchev–Trinajstić information content (AvgIpc) is 2.52. The Hall–Kier alpha value is -2.41. The second kappa shape index (κ2) is 7.65. The van der Waals surface area contributed by atoms with Crippen LogP contribution in [0.15, 0.2) is 24.3 Å². The number of ether oxygens (including phenoxy) is 2. The lowest BCUT2D eigenvalue weighted by Crippen LogP contribution is -2.60. The standard InChI is InChI=1S/C18H26N2O5/c1-11(12-7-6-8-13(9-12)14(21)24-5)10-18(20,15(19)22)16(23)25-17(2,3)4/h6-9,11H,10,20H2,1-5H3,(H2,19,22). The molecule has 0 fully saturated rings. The summed E-state index contributed by atoms with van der Waals surface area (Å²) in [4.78, 5) is 35.9. The molecule has 0 aromatic heterocycles. The smallest absolute Gasteiger partial charge is 0.337 e. The number of nitrogens with two attached hydrogens (primary N) is 2. The molecule has 0 saturated heterocycles. The van der Waals surface area contributed by atoms with E-state index >= 15 is 0 Å². The lowest BCUT2D eigenvalue weighted by atomic mass is 9.84. The lowest BCUT2D eigenvalue weighted by molar-refractivity contribution is -0.164. The van der Waals surface area contributed by atoms with Crippen molar-refractivity contribution in [1.82, 2.24) is 0 Å². The van der Waals surface area contributed by atoms with Crippen LogP contribution in [0.3, 0.4) is 0 Å². The SMILES string of the molecule is COC(=O)c1cccc(C(C)CC(N)(C(N)=O)C(=O)OC(C)(C)C)c1. The Morgan fingerprint density at radius 1 is 1.20 bits per heavy atom. The van der Waals surface area contributed by atoms with E-state index in [4.69, 9.17) is 20.9 Å². The molecule has 0 aliphatic heterocycles. The quantitative estimate of drug-likeness (QED) is 0.592. The minimum Gasteiger partial charge on any atom is -0.465 e. The van der Waals surface area contributed by atoms with Crippen molar-refractivity contribution in [3.8, 4) is 0 Å². The van der Waals surface area contributed by atoms with Crippen molar-refractivity contribution in [2.45, 2.75) is 51.2 Å². The van der Waals surface area contributed by atoms with E-state index in [1.165, 1.54) is 7.11 Å². The zero-order chi connectivity index (χ0) is 19.4.